The summed E-state index contributed by atoms with van der Waals surface area (Å²) in [5, 5.41) is 3.74. The smallest absolute Gasteiger partial charge is 0.0224 e. The number of hydrogen-bond donors (Lipinski definition) is 1. The van der Waals surface area contributed by atoms with Gasteiger partial charge in [0, 0.05) is 25.2 Å². The van der Waals surface area contributed by atoms with Crippen LogP contribution in [0.25, 0.3) is 0 Å². The second-order valence-electron chi connectivity index (χ2n) is 6.82. The summed E-state index contributed by atoms with van der Waals surface area (Å²) in [4.78, 5) is 2.74. The highest BCUT2D eigenvalue weighted by Crippen LogP contribution is 2.34. The molecule has 1 heterocycles. The zero-order valence-corrected chi connectivity index (χ0v) is 13.2. The van der Waals surface area contributed by atoms with Gasteiger partial charge in [-0.2, -0.15) is 0 Å². The van der Waals surface area contributed by atoms with Crippen LogP contribution in [-0.4, -0.2) is 36.6 Å². The molecule has 2 fully saturated rings. The van der Waals surface area contributed by atoms with Crippen molar-refractivity contribution in [3.63, 3.8) is 0 Å². The van der Waals surface area contributed by atoms with E-state index >= 15 is 0 Å². The molecule has 0 radical (unpaired) electrons. The first-order valence-electron chi connectivity index (χ1n) is 8.78. The van der Waals surface area contributed by atoms with Crippen LogP contribution >= 0.6 is 0 Å². The number of nitrogens with zero attached hydrogens (tertiary/aromatic N) is 1. The molecule has 19 heavy (non-hydrogen) atoms. The Balaban J connectivity index is 1.53. The predicted molar refractivity (Wildman–Crippen MR) is 83.5 cm³/mol. The minimum Gasteiger partial charge on any atom is -0.311 e. The maximum atomic E-state index is 3.74. The Kier molecular flexibility index (Phi) is 6.66. The summed E-state index contributed by atoms with van der Waals surface area (Å²) >= 11 is 0. The summed E-state index contributed by atoms with van der Waals surface area (Å²) in [5.41, 5.74) is 0. The molecule has 0 spiro atoms. The Morgan fingerprint density at radius 1 is 1.00 bits per heavy atom. The lowest BCUT2D eigenvalue weighted by Crippen LogP contribution is -2.56. The molecule has 1 aliphatic heterocycles. The normalized spacial score (nSPS) is 28.7. The zero-order valence-electron chi connectivity index (χ0n) is 13.2. The van der Waals surface area contributed by atoms with Crippen molar-refractivity contribution in [2.24, 2.45) is 5.92 Å². The van der Waals surface area contributed by atoms with Crippen molar-refractivity contribution in [1.82, 2.24) is 10.2 Å². The lowest BCUT2D eigenvalue weighted by Gasteiger charge is -2.39. The van der Waals surface area contributed by atoms with Gasteiger partial charge in [-0.05, 0) is 38.6 Å². The van der Waals surface area contributed by atoms with E-state index in [2.05, 4.69) is 24.1 Å². The molecule has 2 unspecified atom stereocenters. The van der Waals surface area contributed by atoms with E-state index in [0.29, 0.717) is 0 Å². The number of nitrogens with one attached hydrogen (secondary N) is 1. The van der Waals surface area contributed by atoms with E-state index in [0.717, 1.165) is 18.0 Å². The molecular formula is C17H34N2. The monoisotopic (exact) mass is 266 g/mol. The van der Waals surface area contributed by atoms with Crippen LogP contribution in [0.5, 0.6) is 0 Å². The zero-order chi connectivity index (χ0) is 13.5. The van der Waals surface area contributed by atoms with Crippen LogP contribution < -0.4 is 5.32 Å². The van der Waals surface area contributed by atoms with E-state index in [1.54, 1.807) is 0 Å². The molecule has 0 amide bonds. The second-order valence-corrected chi connectivity index (χ2v) is 6.82. The number of piperazine rings is 1. The fraction of sp³-hybridized carbons (Fsp3) is 1.00. The Bertz CT molecular complexity index is 237. The molecule has 1 saturated heterocycles. The molecule has 0 bridgehead atoms. The quantitative estimate of drug-likeness (QED) is 0.638. The lowest BCUT2D eigenvalue weighted by molar-refractivity contribution is 0.130. The number of rotatable bonds is 9. The van der Waals surface area contributed by atoms with E-state index < -0.39 is 0 Å². The minimum atomic E-state index is 0.745. The molecule has 0 aromatic heterocycles. The van der Waals surface area contributed by atoms with Gasteiger partial charge in [0.1, 0.15) is 0 Å². The highest BCUT2D eigenvalue weighted by Gasteiger charge is 2.35. The first-order valence-corrected chi connectivity index (χ1v) is 8.78. The topological polar surface area (TPSA) is 15.3 Å². The van der Waals surface area contributed by atoms with E-state index in [4.69, 9.17) is 0 Å². The summed E-state index contributed by atoms with van der Waals surface area (Å²) < 4.78 is 0. The predicted octanol–water partition coefficient (Wildman–Crippen LogP) is 3.81. The van der Waals surface area contributed by atoms with Gasteiger partial charge in [-0.1, -0.05) is 45.4 Å². The first-order chi connectivity index (χ1) is 9.31. The first kappa shape index (κ1) is 15.3. The van der Waals surface area contributed by atoms with Gasteiger partial charge in [0.2, 0.25) is 0 Å². The molecule has 0 aromatic rings. The van der Waals surface area contributed by atoms with Crippen molar-refractivity contribution < 1.29 is 0 Å². The maximum absolute atomic E-state index is 3.74. The van der Waals surface area contributed by atoms with Gasteiger partial charge >= 0.3 is 0 Å². The van der Waals surface area contributed by atoms with E-state index in [1.165, 1.54) is 77.4 Å². The number of unbranched alkanes of at least 4 members (excludes halogenated alkanes) is 6. The van der Waals surface area contributed by atoms with Crippen molar-refractivity contribution in [2.75, 3.05) is 19.6 Å². The average Bonchev–Trinajstić information content (AvgIpc) is 3.24. The summed E-state index contributed by atoms with van der Waals surface area (Å²) in [7, 11) is 0. The highest BCUT2D eigenvalue weighted by molar-refractivity contribution is 4.93. The van der Waals surface area contributed by atoms with E-state index in [1.807, 2.05) is 0 Å². The van der Waals surface area contributed by atoms with Crippen LogP contribution in [-0.2, 0) is 0 Å². The molecule has 2 heteroatoms. The van der Waals surface area contributed by atoms with E-state index in [9.17, 15) is 0 Å². The third kappa shape index (κ3) is 5.43. The van der Waals surface area contributed by atoms with Gasteiger partial charge in [0.25, 0.3) is 0 Å². The Morgan fingerprint density at radius 3 is 2.37 bits per heavy atom. The summed E-state index contributed by atoms with van der Waals surface area (Å²) in [6, 6.07) is 1.55. The SMILES string of the molecule is CCCCCCCCCN1CC(C2CC2)NCC1C. The molecule has 2 nitrogen and oxygen atoms in total. The lowest BCUT2D eigenvalue weighted by atomic mass is 10.0. The average molecular weight is 266 g/mol. The molecule has 2 rings (SSSR count). The van der Waals surface area contributed by atoms with Crippen molar-refractivity contribution in [3.05, 3.63) is 0 Å². The fourth-order valence-electron chi connectivity index (χ4n) is 3.35. The molecule has 1 aliphatic carbocycles. The molecular weight excluding hydrogens is 232 g/mol. The third-order valence-corrected chi connectivity index (χ3v) is 4.97. The van der Waals surface area contributed by atoms with Gasteiger partial charge in [-0.3, -0.25) is 4.90 Å². The molecule has 0 aromatic carbocycles. The highest BCUT2D eigenvalue weighted by atomic mass is 15.2. The minimum absolute atomic E-state index is 0.745. The summed E-state index contributed by atoms with van der Waals surface area (Å²) in [5.74, 6) is 1.00. The van der Waals surface area contributed by atoms with Crippen LogP contribution in [0.1, 0.15) is 71.6 Å². The van der Waals surface area contributed by atoms with Gasteiger partial charge in [-0.15, -0.1) is 0 Å². The molecule has 1 saturated carbocycles. The number of hydrogen-bond acceptors (Lipinski definition) is 2. The summed E-state index contributed by atoms with van der Waals surface area (Å²) in [6.45, 7) is 8.53. The van der Waals surface area contributed by atoms with Crippen LogP contribution in [0.4, 0.5) is 0 Å². The van der Waals surface area contributed by atoms with Crippen molar-refractivity contribution >= 4 is 0 Å². The van der Waals surface area contributed by atoms with Gasteiger partial charge < -0.3 is 5.32 Å². The summed E-state index contributed by atoms with van der Waals surface area (Å²) in [6.07, 6.45) is 12.9. The van der Waals surface area contributed by atoms with Crippen molar-refractivity contribution in [2.45, 2.75) is 83.7 Å². The van der Waals surface area contributed by atoms with Gasteiger partial charge in [0.15, 0.2) is 0 Å². The molecule has 112 valence electrons. The van der Waals surface area contributed by atoms with Gasteiger partial charge in [0.05, 0.1) is 0 Å². The van der Waals surface area contributed by atoms with Crippen LogP contribution in [0.3, 0.4) is 0 Å². The Hall–Kier alpha value is -0.0800. The molecule has 1 N–H and O–H groups in total. The van der Waals surface area contributed by atoms with Gasteiger partial charge in [-0.25, -0.2) is 0 Å². The van der Waals surface area contributed by atoms with E-state index in [-0.39, 0.29) is 0 Å². The van der Waals surface area contributed by atoms with Crippen LogP contribution in [0.15, 0.2) is 0 Å². The molecule has 2 atom stereocenters. The third-order valence-electron chi connectivity index (χ3n) is 4.97. The Morgan fingerprint density at radius 2 is 1.68 bits per heavy atom. The second kappa shape index (κ2) is 8.26. The van der Waals surface area contributed by atoms with Crippen LogP contribution in [0, 0.1) is 5.92 Å². The van der Waals surface area contributed by atoms with Crippen LogP contribution in [0.2, 0.25) is 0 Å². The Labute approximate surface area is 120 Å². The maximum Gasteiger partial charge on any atom is 0.0224 e. The van der Waals surface area contributed by atoms with Crippen molar-refractivity contribution in [3.8, 4) is 0 Å². The van der Waals surface area contributed by atoms with Crippen molar-refractivity contribution in [1.29, 1.82) is 0 Å². The standard InChI is InChI=1S/C17H34N2/c1-3-4-5-6-7-8-9-12-19-14-17(16-10-11-16)18-13-15(19)2/h15-18H,3-14H2,1-2H3. The fourth-order valence-corrected chi connectivity index (χ4v) is 3.35. The molecule has 2 aliphatic rings. The largest absolute Gasteiger partial charge is 0.311 e.